The van der Waals surface area contributed by atoms with Crippen LogP contribution in [-0.2, 0) is 4.79 Å². The zero-order valence-electron chi connectivity index (χ0n) is 12.8. The molecule has 0 aromatic carbocycles. The van der Waals surface area contributed by atoms with E-state index < -0.39 is 60.7 Å². The highest BCUT2D eigenvalue weighted by Gasteiger charge is 2.89. The fraction of sp³-hybridized carbons (Fsp3) is 0.909. The molecule has 0 fully saturated rings. The SMILES string of the molecule is CC(CO)(CO)NC(=O)C(F)(F)C(F)(F)C(F)(F)C(F)(F)C(F)(F)C(F)F. The first-order chi connectivity index (χ1) is 11.7. The summed E-state index contributed by atoms with van der Waals surface area (Å²) in [7, 11) is 0. The Balaban J connectivity index is 6.17. The van der Waals surface area contributed by atoms with E-state index >= 15 is 0 Å². The van der Waals surface area contributed by atoms with Gasteiger partial charge in [-0.1, -0.05) is 0 Å². The van der Waals surface area contributed by atoms with Gasteiger partial charge in [0.05, 0.1) is 18.8 Å². The fourth-order valence-electron chi connectivity index (χ4n) is 1.36. The van der Waals surface area contributed by atoms with Crippen molar-refractivity contribution in [1.29, 1.82) is 0 Å². The molecule has 27 heavy (non-hydrogen) atoms. The van der Waals surface area contributed by atoms with E-state index in [0.29, 0.717) is 6.92 Å². The number of aliphatic hydroxyl groups excluding tert-OH is 2. The molecular weight excluding hydrogens is 422 g/mol. The van der Waals surface area contributed by atoms with Crippen LogP contribution in [0.3, 0.4) is 0 Å². The molecule has 0 spiro atoms. The summed E-state index contributed by atoms with van der Waals surface area (Å²) < 4.78 is 155. The molecule has 1 amide bonds. The minimum atomic E-state index is -7.84. The highest BCUT2D eigenvalue weighted by atomic mass is 19.4. The maximum atomic E-state index is 13.4. The molecule has 0 aromatic rings. The van der Waals surface area contributed by atoms with Gasteiger partial charge >= 0.3 is 36.0 Å². The van der Waals surface area contributed by atoms with Gasteiger partial charge in [0.25, 0.3) is 5.91 Å². The van der Waals surface area contributed by atoms with Gasteiger partial charge in [-0.3, -0.25) is 4.79 Å². The van der Waals surface area contributed by atoms with Gasteiger partial charge < -0.3 is 15.5 Å². The highest BCUT2D eigenvalue weighted by molar-refractivity contribution is 5.85. The molecule has 0 radical (unpaired) electrons. The van der Waals surface area contributed by atoms with Gasteiger partial charge in [-0.2, -0.15) is 43.9 Å². The van der Waals surface area contributed by atoms with Crippen molar-refractivity contribution in [1.82, 2.24) is 5.32 Å². The molecular formula is C11H11F12NO3. The van der Waals surface area contributed by atoms with Crippen LogP contribution in [0.5, 0.6) is 0 Å². The second-order valence-electron chi connectivity index (χ2n) is 5.55. The number of rotatable bonds is 9. The summed E-state index contributed by atoms with van der Waals surface area (Å²) >= 11 is 0. The standard InChI is InChI=1S/C11H11F12NO3/c1-6(2-25,3-26)24-5(27)8(16,17)10(20,21)11(22,23)9(18,19)7(14,15)4(12)13/h4,25-26H,2-3H2,1H3,(H,24,27). The average Bonchev–Trinajstić information content (AvgIpc) is 2.53. The quantitative estimate of drug-likeness (QED) is 0.489. The first kappa shape index (κ1) is 25.6. The number of alkyl halides is 12. The Bertz CT molecular complexity index is 547. The van der Waals surface area contributed by atoms with Crippen molar-refractivity contribution in [2.45, 2.75) is 48.5 Å². The lowest BCUT2D eigenvalue weighted by Crippen LogP contribution is -2.72. The molecule has 0 unspecified atom stereocenters. The Morgan fingerprint density at radius 1 is 0.815 bits per heavy atom. The van der Waals surface area contributed by atoms with E-state index in [-0.39, 0.29) is 0 Å². The van der Waals surface area contributed by atoms with Crippen molar-refractivity contribution < 1.29 is 67.7 Å². The van der Waals surface area contributed by atoms with Crippen LogP contribution in [0.1, 0.15) is 6.92 Å². The van der Waals surface area contributed by atoms with Gasteiger partial charge in [-0.25, -0.2) is 8.78 Å². The lowest BCUT2D eigenvalue weighted by Gasteiger charge is -2.39. The maximum Gasteiger partial charge on any atom is 0.392 e. The molecule has 162 valence electrons. The van der Waals surface area contributed by atoms with E-state index in [9.17, 15) is 57.5 Å². The van der Waals surface area contributed by atoms with Crippen LogP contribution in [0.25, 0.3) is 0 Å². The average molecular weight is 433 g/mol. The minimum Gasteiger partial charge on any atom is -0.394 e. The van der Waals surface area contributed by atoms with Gasteiger partial charge in [-0.15, -0.1) is 0 Å². The van der Waals surface area contributed by atoms with Crippen molar-refractivity contribution in [2.24, 2.45) is 0 Å². The van der Waals surface area contributed by atoms with Crippen LogP contribution in [0.15, 0.2) is 0 Å². The molecule has 4 nitrogen and oxygen atoms in total. The number of aliphatic hydroxyl groups is 2. The molecule has 0 saturated carbocycles. The smallest absolute Gasteiger partial charge is 0.392 e. The fourth-order valence-corrected chi connectivity index (χ4v) is 1.36. The van der Waals surface area contributed by atoms with E-state index in [0.717, 1.165) is 5.32 Å². The molecule has 0 saturated heterocycles. The van der Waals surface area contributed by atoms with Crippen LogP contribution < -0.4 is 5.32 Å². The Labute approximate surface area is 142 Å². The van der Waals surface area contributed by atoms with Crippen molar-refractivity contribution in [3.63, 3.8) is 0 Å². The molecule has 3 N–H and O–H groups in total. The lowest BCUT2D eigenvalue weighted by molar-refractivity contribution is -0.407. The van der Waals surface area contributed by atoms with Crippen molar-refractivity contribution in [3.8, 4) is 0 Å². The van der Waals surface area contributed by atoms with Crippen LogP contribution in [0, 0.1) is 0 Å². The zero-order valence-corrected chi connectivity index (χ0v) is 12.8. The van der Waals surface area contributed by atoms with Gasteiger partial charge in [0.2, 0.25) is 0 Å². The molecule has 0 aliphatic rings. The maximum absolute atomic E-state index is 13.4. The van der Waals surface area contributed by atoms with Gasteiger partial charge in [0, 0.05) is 0 Å². The summed E-state index contributed by atoms with van der Waals surface area (Å²) in [6, 6.07) is 0. The number of hydrogen-bond acceptors (Lipinski definition) is 3. The largest absolute Gasteiger partial charge is 0.394 e. The summed E-state index contributed by atoms with van der Waals surface area (Å²) in [6.45, 7) is -2.35. The van der Waals surface area contributed by atoms with Crippen molar-refractivity contribution >= 4 is 5.91 Å². The number of halogens is 12. The summed E-state index contributed by atoms with van der Waals surface area (Å²) in [6.07, 6.45) is -5.65. The molecule has 0 heterocycles. The first-order valence-corrected chi connectivity index (χ1v) is 6.41. The lowest BCUT2D eigenvalue weighted by atomic mass is 9.93. The van der Waals surface area contributed by atoms with Crippen LogP contribution in [0.2, 0.25) is 0 Å². The second-order valence-corrected chi connectivity index (χ2v) is 5.55. The predicted molar refractivity (Wildman–Crippen MR) is 61.5 cm³/mol. The number of nitrogens with one attached hydrogen (secondary N) is 1. The molecule has 0 aliphatic heterocycles. The van der Waals surface area contributed by atoms with Crippen LogP contribution >= 0.6 is 0 Å². The first-order valence-electron chi connectivity index (χ1n) is 6.41. The third-order valence-corrected chi connectivity index (χ3v) is 3.27. The Kier molecular flexibility index (Phi) is 6.79. The zero-order chi connectivity index (χ0) is 22.3. The highest BCUT2D eigenvalue weighted by Crippen LogP contribution is 2.58. The number of hydrogen-bond donors (Lipinski definition) is 3. The monoisotopic (exact) mass is 433 g/mol. The molecule has 0 aromatic heterocycles. The van der Waals surface area contributed by atoms with E-state index in [4.69, 9.17) is 10.2 Å². The second kappa shape index (κ2) is 7.18. The molecule has 0 aliphatic carbocycles. The molecule has 0 bridgehead atoms. The van der Waals surface area contributed by atoms with Gasteiger partial charge in [-0.05, 0) is 6.92 Å². The van der Waals surface area contributed by atoms with E-state index in [2.05, 4.69) is 0 Å². The van der Waals surface area contributed by atoms with Crippen LogP contribution in [0.4, 0.5) is 52.7 Å². The van der Waals surface area contributed by atoms with Crippen LogP contribution in [-0.4, -0.2) is 70.9 Å². The van der Waals surface area contributed by atoms with Gasteiger partial charge in [0.1, 0.15) is 0 Å². The topological polar surface area (TPSA) is 69.6 Å². The summed E-state index contributed by atoms with van der Waals surface area (Å²) in [5.41, 5.74) is -2.54. The normalized spacial score (nSPS) is 15.3. The predicted octanol–water partition coefficient (Wildman–Crippen LogP) is 2.29. The van der Waals surface area contributed by atoms with Crippen molar-refractivity contribution in [2.75, 3.05) is 13.2 Å². The molecule has 16 heteroatoms. The molecule has 0 atom stereocenters. The summed E-state index contributed by atoms with van der Waals surface area (Å²) in [4.78, 5) is 11.1. The summed E-state index contributed by atoms with van der Waals surface area (Å²) in [5, 5.41) is 18.1. The van der Waals surface area contributed by atoms with E-state index in [1.807, 2.05) is 0 Å². The molecule has 0 rings (SSSR count). The number of carbonyl (C=O) groups excluding carboxylic acids is 1. The Hall–Kier alpha value is -1.45. The van der Waals surface area contributed by atoms with E-state index in [1.165, 1.54) is 0 Å². The third-order valence-electron chi connectivity index (χ3n) is 3.27. The minimum absolute atomic E-state index is 0.525. The Morgan fingerprint density at radius 3 is 1.48 bits per heavy atom. The third kappa shape index (κ3) is 3.77. The number of carbonyl (C=O) groups is 1. The number of amides is 1. The Morgan fingerprint density at radius 2 is 1.19 bits per heavy atom. The van der Waals surface area contributed by atoms with Gasteiger partial charge in [0.15, 0.2) is 0 Å². The summed E-state index contributed by atoms with van der Waals surface area (Å²) in [5.74, 6) is -40.7. The van der Waals surface area contributed by atoms with Crippen molar-refractivity contribution in [3.05, 3.63) is 0 Å². The van der Waals surface area contributed by atoms with E-state index in [1.54, 1.807) is 0 Å².